The molecule has 0 saturated carbocycles. The van der Waals surface area contributed by atoms with Crippen LogP contribution in [0.3, 0.4) is 0 Å². The van der Waals surface area contributed by atoms with Gasteiger partial charge in [-0.1, -0.05) is 59.4 Å². The van der Waals surface area contributed by atoms with Crippen molar-refractivity contribution in [2.24, 2.45) is 4.99 Å². The van der Waals surface area contributed by atoms with Gasteiger partial charge in [0, 0.05) is 39.3 Å². The third kappa shape index (κ3) is 9.48. The summed E-state index contributed by atoms with van der Waals surface area (Å²) in [6, 6.07) is 4.76. The third-order valence-electron chi connectivity index (χ3n) is 12.9. The van der Waals surface area contributed by atoms with Gasteiger partial charge in [0.05, 0.1) is 0 Å². The smallest absolute Gasteiger partial charge is 0.276 e. The van der Waals surface area contributed by atoms with Crippen molar-refractivity contribution in [1.82, 2.24) is 42.2 Å². The maximum absolute atomic E-state index is 14.0. The Hall–Kier alpha value is -7.12. The van der Waals surface area contributed by atoms with E-state index in [1.54, 1.807) is 30.4 Å². The van der Waals surface area contributed by atoms with Crippen LogP contribution in [-0.4, -0.2) is 46.1 Å². The first-order chi connectivity index (χ1) is 32.0. The molecule has 12 bridgehead atoms. The van der Waals surface area contributed by atoms with E-state index < -0.39 is 29.5 Å². The van der Waals surface area contributed by atoms with Crippen LogP contribution < -0.4 is 37.2 Å². The topological polar surface area (TPSA) is 212 Å². The quantitative estimate of drug-likeness (QED) is 0.175. The van der Waals surface area contributed by atoms with Crippen LogP contribution in [-0.2, 0) is 97.0 Å². The van der Waals surface area contributed by atoms with E-state index in [1.807, 2.05) is 41.5 Å². The fourth-order valence-corrected chi connectivity index (χ4v) is 9.86. The normalized spacial score (nSPS) is 17.0. The van der Waals surface area contributed by atoms with Crippen molar-refractivity contribution in [3.63, 3.8) is 0 Å². The second-order valence-corrected chi connectivity index (χ2v) is 16.4. The molecule has 7 N–H and O–H groups in total. The van der Waals surface area contributed by atoms with Crippen molar-refractivity contribution in [3.8, 4) is 0 Å². The second-order valence-electron chi connectivity index (χ2n) is 16.4. The minimum Gasteiger partial charge on any atom is -0.347 e. The molecule has 6 heterocycles. The van der Waals surface area contributed by atoms with E-state index >= 15 is 0 Å². The summed E-state index contributed by atoms with van der Waals surface area (Å²) in [5.41, 5.74) is 14.4. The Bertz CT molecular complexity index is 2700. The van der Waals surface area contributed by atoms with Crippen molar-refractivity contribution < 1.29 is 28.8 Å². The molecule has 8 rings (SSSR count). The fraction of sp³-hybridized carbons (Fsp3) is 0.392. The molecule has 15 nitrogen and oxygen atoms in total. The maximum Gasteiger partial charge on any atom is 0.276 e. The number of carbonyl (C=O) groups excluding carboxylic acids is 6. The van der Waals surface area contributed by atoms with Crippen LogP contribution in [0, 0.1) is 0 Å². The number of hydrogen-bond donors (Lipinski definition) is 7. The van der Waals surface area contributed by atoms with Crippen LogP contribution >= 0.6 is 0 Å². The van der Waals surface area contributed by atoms with Gasteiger partial charge < -0.3 is 37.2 Å². The monoisotopic (exact) mass is 893 g/mol. The molecular weight excluding hydrogens is 835 g/mol. The van der Waals surface area contributed by atoms with Crippen LogP contribution in [0.25, 0.3) is 0 Å². The molecule has 15 heteroatoms. The summed E-state index contributed by atoms with van der Waals surface area (Å²) < 4.78 is 0. The Kier molecular flexibility index (Phi) is 14.8. The average Bonchev–Trinajstić information content (AvgIpc) is 3.35. The summed E-state index contributed by atoms with van der Waals surface area (Å²) in [5, 5.41) is 21.5. The third-order valence-corrected chi connectivity index (χ3v) is 12.9. The molecule has 0 radical (unpaired) electrons. The number of benzene rings is 2. The molecule has 0 atom stereocenters. The van der Waals surface area contributed by atoms with Gasteiger partial charge in [-0.15, -0.1) is 0 Å². The Balaban J connectivity index is 1.46. The zero-order chi connectivity index (χ0) is 47.1. The highest BCUT2D eigenvalue weighted by atomic mass is 16.2. The number of allylic oxidation sites excluding steroid dienone is 2. The first-order valence-corrected chi connectivity index (χ1v) is 23.2. The predicted octanol–water partition coefficient (Wildman–Crippen LogP) is 4.45. The zero-order valence-electron chi connectivity index (χ0n) is 38.7. The molecule has 3 aromatic rings. The lowest BCUT2D eigenvalue weighted by Gasteiger charge is -2.27. The lowest BCUT2D eigenvalue weighted by Crippen LogP contribution is -2.38. The van der Waals surface area contributed by atoms with Gasteiger partial charge in [0.15, 0.2) is 0 Å². The number of hydrogen-bond acceptors (Lipinski definition) is 9. The summed E-state index contributed by atoms with van der Waals surface area (Å²) in [6.07, 6.45) is 9.00. The van der Waals surface area contributed by atoms with Gasteiger partial charge in [-0.2, -0.15) is 0 Å². The summed E-state index contributed by atoms with van der Waals surface area (Å²) in [7, 11) is 0. The number of fused-ring (bicyclic) bond motifs is 12. The molecule has 1 aromatic heterocycles. The SMILES string of the molecule is CCc1c2c(CC)c3c(CC)c1CNC(=O)C1=CCCC(=N1)C(=O)NCc1c(CC)c(c(CC)c(c1CC)CNC(=O)c1cccc(n1)C(=O)NC3)CNC(=O)C1=CC=C=C(N1)C(=O)NC2. The highest BCUT2D eigenvalue weighted by molar-refractivity contribution is 6.39. The van der Waals surface area contributed by atoms with Crippen LogP contribution in [0.1, 0.15) is 142 Å². The largest absolute Gasteiger partial charge is 0.347 e. The average molecular weight is 894 g/mol. The minimum atomic E-state index is -0.471. The van der Waals surface area contributed by atoms with Gasteiger partial charge in [0.25, 0.3) is 35.4 Å². The van der Waals surface area contributed by atoms with Gasteiger partial charge >= 0.3 is 0 Å². The van der Waals surface area contributed by atoms with E-state index in [9.17, 15) is 28.8 Å². The molecule has 6 amide bonds. The van der Waals surface area contributed by atoms with Crippen molar-refractivity contribution in [2.75, 3.05) is 0 Å². The zero-order valence-corrected chi connectivity index (χ0v) is 38.7. The highest BCUT2D eigenvalue weighted by Gasteiger charge is 2.28. The minimum absolute atomic E-state index is 0.0649. The molecule has 0 aliphatic carbocycles. The molecule has 66 heavy (non-hydrogen) atoms. The van der Waals surface area contributed by atoms with Gasteiger partial charge in [0.2, 0.25) is 0 Å². The molecule has 0 fully saturated rings. The van der Waals surface area contributed by atoms with Crippen LogP contribution in [0.15, 0.2) is 64.2 Å². The maximum atomic E-state index is 14.0. The molecule has 0 unspecified atom stereocenters. The van der Waals surface area contributed by atoms with E-state index in [-0.39, 0.29) is 79.4 Å². The Labute approximate surface area is 385 Å². The van der Waals surface area contributed by atoms with Crippen LogP contribution in [0.5, 0.6) is 0 Å². The standard InChI is InChI=1S/C51H59N9O6/c1-7-28-34-22-52-46(61)40-16-13-18-43(58-40)49(64)55-25-37-31(10-4)38-26-56-50(65)44-19-14-17-41(59-44)47(62)53-23-35(28)30(9-3)36(29(34)8-2)24-54-48(63)42-20-15-21-45(60-42)51(66)57-27-39(32(37)11-5)33(38)12-6/h13-14,16-18,21,59H,7-12,15,20,22-27H2,1-6H3,(H,52,61)(H,53,62)(H,54,63)(H,55,64)(H,56,65)(H,57,66). The number of aromatic nitrogens is 1. The first kappa shape index (κ1) is 46.9. The van der Waals surface area contributed by atoms with E-state index in [0.717, 1.165) is 66.8 Å². The van der Waals surface area contributed by atoms with Gasteiger partial charge in [0.1, 0.15) is 34.2 Å². The van der Waals surface area contributed by atoms with E-state index in [4.69, 9.17) is 0 Å². The number of nitrogens with one attached hydrogen (secondary N) is 7. The summed E-state index contributed by atoms with van der Waals surface area (Å²) in [4.78, 5) is 93.2. The second kappa shape index (κ2) is 20.8. The van der Waals surface area contributed by atoms with Gasteiger partial charge in [-0.25, -0.2) is 9.98 Å². The lowest BCUT2D eigenvalue weighted by atomic mass is 9.83. The van der Waals surface area contributed by atoms with Crippen molar-refractivity contribution in [1.29, 1.82) is 0 Å². The number of nitrogens with zero attached hydrogens (tertiary/aromatic N) is 2. The number of rotatable bonds is 6. The molecule has 2 aromatic carbocycles. The predicted molar refractivity (Wildman–Crippen MR) is 251 cm³/mol. The van der Waals surface area contributed by atoms with E-state index in [0.29, 0.717) is 51.4 Å². The van der Waals surface area contributed by atoms with Crippen LogP contribution in [0.4, 0.5) is 0 Å². The summed E-state index contributed by atoms with van der Waals surface area (Å²) in [5.74, 6) is -2.66. The first-order valence-electron chi connectivity index (χ1n) is 23.2. The molecule has 5 aliphatic heterocycles. The molecule has 344 valence electrons. The number of pyridine rings is 1. The van der Waals surface area contributed by atoms with Crippen molar-refractivity contribution in [2.45, 2.75) is 132 Å². The molecule has 5 aliphatic rings. The molecule has 0 saturated heterocycles. The summed E-state index contributed by atoms with van der Waals surface area (Å²) in [6.45, 7) is 12.8. The molecule has 0 spiro atoms. The van der Waals surface area contributed by atoms with Gasteiger partial charge in [-0.3, -0.25) is 28.8 Å². The van der Waals surface area contributed by atoms with Gasteiger partial charge in [-0.05, 0) is 142 Å². The number of carbonyl (C=O) groups is 6. The Morgan fingerprint density at radius 3 is 1.33 bits per heavy atom. The highest BCUT2D eigenvalue weighted by Crippen LogP contribution is 2.33. The lowest BCUT2D eigenvalue weighted by molar-refractivity contribution is -0.119. The van der Waals surface area contributed by atoms with Crippen molar-refractivity contribution in [3.05, 3.63) is 137 Å². The van der Waals surface area contributed by atoms with E-state index in [2.05, 4.69) is 52.9 Å². The van der Waals surface area contributed by atoms with E-state index in [1.165, 1.54) is 6.08 Å². The number of aliphatic imine (C=N–C) groups is 1. The number of amides is 6. The molecular formula is C51H59N9O6. The van der Waals surface area contributed by atoms with Crippen molar-refractivity contribution >= 4 is 41.2 Å². The Morgan fingerprint density at radius 1 is 0.500 bits per heavy atom. The summed E-state index contributed by atoms with van der Waals surface area (Å²) >= 11 is 0. The fourth-order valence-electron chi connectivity index (χ4n) is 9.86. The Morgan fingerprint density at radius 2 is 0.894 bits per heavy atom. The van der Waals surface area contributed by atoms with Crippen LogP contribution in [0.2, 0.25) is 0 Å².